The number of allylic oxidation sites excluding steroid dienone is 2. The standard InChI is InChI=1S/C8H13Br/c1-4-6-8(3,5-2)7-9/h4-5H,1-2,6-7H2,3H3. The van der Waals surface area contributed by atoms with Crippen molar-refractivity contribution in [3.05, 3.63) is 25.3 Å². The van der Waals surface area contributed by atoms with Crippen LogP contribution in [0.1, 0.15) is 13.3 Å². The first-order valence-corrected chi connectivity index (χ1v) is 4.11. The van der Waals surface area contributed by atoms with Crippen LogP contribution in [0.5, 0.6) is 0 Å². The monoisotopic (exact) mass is 188 g/mol. The number of halogens is 1. The van der Waals surface area contributed by atoms with Gasteiger partial charge in [-0.05, 0) is 11.8 Å². The number of hydrogen-bond acceptors (Lipinski definition) is 0. The van der Waals surface area contributed by atoms with E-state index in [-0.39, 0.29) is 5.41 Å². The van der Waals surface area contributed by atoms with Crippen LogP contribution in [0.3, 0.4) is 0 Å². The fourth-order valence-electron chi connectivity index (χ4n) is 0.522. The van der Waals surface area contributed by atoms with Crippen molar-refractivity contribution in [1.82, 2.24) is 0 Å². The van der Waals surface area contributed by atoms with Crippen molar-refractivity contribution in [3.63, 3.8) is 0 Å². The first-order valence-electron chi connectivity index (χ1n) is 2.99. The van der Waals surface area contributed by atoms with Crippen LogP contribution in [0.4, 0.5) is 0 Å². The second kappa shape index (κ2) is 3.89. The van der Waals surface area contributed by atoms with E-state index in [0.717, 1.165) is 11.8 Å². The zero-order valence-corrected chi connectivity index (χ0v) is 7.45. The average Bonchev–Trinajstić information content (AvgIpc) is 1.89. The Balaban J connectivity index is 3.90. The first-order chi connectivity index (χ1) is 4.18. The van der Waals surface area contributed by atoms with Gasteiger partial charge in [-0.1, -0.05) is 35.0 Å². The second-order valence-corrected chi connectivity index (χ2v) is 3.05. The van der Waals surface area contributed by atoms with E-state index in [2.05, 4.69) is 36.0 Å². The summed E-state index contributed by atoms with van der Waals surface area (Å²) in [6.07, 6.45) is 4.87. The summed E-state index contributed by atoms with van der Waals surface area (Å²) in [4.78, 5) is 0. The summed E-state index contributed by atoms with van der Waals surface area (Å²) in [6, 6.07) is 0. The van der Waals surface area contributed by atoms with Crippen LogP contribution in [0, 0.1) is 5.41 Å². The van der Waals surface area contributed by atoms with E-state index in [1.165, 1.54) is 0 Å². The molecule has 0 aromatic heterocycles. The molecule has 0 aliphatic carbocycles. The van der Waals surface area contributed by atoms with Gasteiger partial charge in [0.25, 0.3) is 0 Å². The molecule has 0 aromatic carbocycles. The van der Waals surface area contributed by atoms with Gasteiger partial charge in [-0.2, -0.15) is 0 Å². The average molecular weight is 189 g/mol. The van der Waals surface area contributed by atoms with Gasteiger partial charge in [0.1, 0.15) is 0 Å². The highest BCUT2D eigenvalue weighted by atomic mass is 79.9. The van der Waals surface area contributed by atoms with Gasteiger partial charge in [0.15, 0.2) is 0 Å². The maximum Gasteiger partial charge on any atom is 0.0123 e. The van der Waals surface area contributed by atoms with Gasteiger partial charge in [0.2, 0.25) is 0 Å². The van der Waals surface area contributed by atoms with Crippen LogP contribution < -0.4 is 0 Å². The van der Waals surface area contributed by atoms with Crippen molar-refractivity contribution < 1.29 is 0 Å². The third-order valence-electron chi connectivity index (χ3n) is 1.41. The Morgan fingerprint density at radius 1 is 1.56 bits per heavy atom. The molecule has 0 saturated heterocycles. The molecule has 9 heavy (non-hydrogen) atoms. The van der Waals surface area contributed by atoms with Crippen LogP contribution in [0.25, 0.3) is 0 Å². The van der Waals surface area contributed by atoms with E-state index in [1.807, 2.05) is 12.2 Å². The topological polar surface area (TPSA) is 0 Å². The number of rotatable bonds is 4. The molecule has 1 unspecified atom stereocenters. The van der Waals surface area contributed by atoms with Gasteiger partial charge >= 0.3 is 0 Å². The van der Waals surface area contributed by atoms with Gasteiger partial charge in [0, 0.05) is 5.33 Å². The molecule has 0 rings (SSSR count). The molecule has 1 atom stereocenters. The first kappa shape index (κ1) is 8.96. The molecule has 0 aromatic rings. The van der Waals surface area contributed by atoms with Crippen molar-refractivity contribution in [1.29, 1.82) is 0 Å². The summed E-state index contributed by atoms with van der Waals surface area (Å²) in [5.41, 5.74) is 0.196. The molecule has 1 heteroatoms. The molecular weight excluding hydrogens is 176 g/mol. The van der Waals surface area contributed by atoms with Gasteiger partial charge in [-0.15, -0.1) is 13.2 Å². The molecule has 0 saturated carbocycles. The fraction of sp³-hybridized carbons (Fsp3) is 0.500. The molecule has 0 N–H and O–H groups in total. The van der Waals surface area contributed by atoms with Crippen LogP contribution in [-0.4, -0.2) is 5.33 Å². The zero-order valence-electron chi connectivity index (χ0n) is 5.86. The lowest BCUT2D eigenvalue weighted by molar-refractivity contribution is 0.506. The Bertz CT molecular complexity index is 107. The minimum atomic E-state index is 0.196. The molecule has 0 amide bonds. The maximum atomic E-state index is 3.74. The summed E-state index contributed by atoms with van der Waals surface area (Å²) in [7, 11) is 0. The van der Waals surface area contributed by atoms with Crippen LogP contribution in [-0.2, 0) is 0 Å². The van der Waals surface area contributed by atoms with Gasteiger partial charge < -0.3 is 0 Å². The van der Waals surface area contributed by atoms with Crippen molar-refractivity contribution in [2.45, 2.75) is 13.3 Å². The van der Waals surface area contributed by atoms with Crippen LogP contribution in [0.2, 0.25) is 0 Å². The summed E-state index contributed by atoms with van der Waals surface area (Å²) >= 11 is 3.41. The van der Waals surface area contributed by atoms with E-state index < -0.39 is 0 Å². The Morgan fingerprint density at radius 2 is 2.11 bits per heavy atom. The molecule has 0 nitrogen and oxygen atoms in total. The highest BCUT2D eigenvalue weighted by molar-refractivity contribution is 9.09. The summed E-state index contributed by atoms with van der Waals surface area (Å²) in [5, 5.41) is 0.954. The van der Waals surface area contributed by atoms with Gasteiger partial charge in [0.05, 0.1) is 0 Å². The highest BCUT2D eigenvalue weighted by Gasteiger charge is 2.15. The predicted octanol–water partition coefficient (Wildman–Crippen LogP) is 3.15. The van der Waals surface area contributed by atoms with E-state index in [1.54, 1.807) is 0 Å². The van der Waals surface area contributed by atoms with Gasteiger partial charge in [-0.3, -0.25) is 0 Å². The van der Waals surface area contributed by atoms with Crippen LogP contribution in [0.15, 0.2) is 25.3 Å². The minimum absolute atomic E-state index is 0.196. The molecule has 0 radical (unpaired) electrons. The van der Waals surface area contributed by atoms with Crippen molar-refractivity contribution in [2.24, 2.45) is 5.41 Å². The Morgan fingerprint density at radius 3 is 2.22 bits per heavy atom. The normalized spacial score (nSPS) is 16.2. The highest BCUT2D eigenvalue weighted by Crippen LogP contribution is 2.24. The molecule has 52 valence electrons. The third kappa shape index (κ3) is 2.85. The van der Waals surface area contributed by atoms with Crippen molar-refractivity contribution >= 4 is 15.9 Å². The number of alkyl halides is 1. The largest absolute Gasteiger partial charge is 0.103 e. The summed E-state index contributed by atoms with van der Waals surface area (Å²) < 4.78 is 0. The van der Waals surface area contributed by atoms with E-state index >= 15 is 0 Å². The van der Waals surface area contributed by atoms with Crippen molar-refractivity contribution in [3.8, 4) is 0 Å². The Kier molecular flexibility index (Phi) is 3.87. The van der Waals surface area contributed by atoms with E-state index in [4.69, 9.17) is 0 Å². The van der Waals surface area contributed by atoms with Crippen molar-refractivity contribution in [2.75, 3.05) is 5.33 Å². The molecule has 0 fully saturated rings. The lowest BCUT2D eigenvalue weighted by atomic mass is 9.90. The molecule has 0 aliphatic rings. The van der Waals surface area contributed by atoms with E-state index in [9.17, 15) is 0 Å². The quantitative estimate of drug-likeness (QED) is 0.470. The second-order valence-electron chi connectivity index (χ2n) is 2.48. The van der Waals surface area contributed by atoms with E-state index in [0.29, 0.717) is 0 Å². The zero-order chi connectivity index (χ0) is 7.33. The molecule has 0 spiro atoms. The Hall–Kier alpha value is -0.0400. The lowest BCUT2D eigenvalue weighted by Gasteiger charge is -2.19. The number of hydrogen-bond donors (Lipinski definition) is 0. The Labute approximate surface area is 65.8 Å². The molecular formula is C8H13Br. The van der Waals surface area contributed by atoms with Crippen LogP contribution >= 0.6 is 15.9 Å². The maximum absolute atomic E-state index is 3.74. The predicted molar refractivity (Wildman–Crippen MR) is 46.9 cm³/mol. The molecule has 0 bridgehead atoms. The fourth-order valence-corrected chi connectivity index (χ4v) is 0.980. The summed E-state index contributed by atoms with van der Waals surface area (Å²) in [5.74, 6) is 0. The lowest BCUT2D eigenvalue weighted by Crippen LogP contribution is -2.12. The third-order valence-corrected chi connectivity index (χ3v) is 2.69. The smallest absolute Gasteiger partial charge is 0.0123 e. The minimum Gasteiger partial charge on any atom is -0.103 e. The summed E-state index contributed by atoms with van der Waals surface area (Å²) in [6.45, 7) is 9.57. The SMILES string of the molecule is C=CCC(C)(C=C)CBr. The molecule has 0 heterocycles. The van der Waals surface area contributed by atoms with Gasteiger partial charge in [-0.25, -0.2) is 0 Å². The molecule has 0 aliphatic heterocycles.